The topological polar surface area (TPSA) is 9.23 Å². The summed E-state index contributed by atoms with van der Waals surface area (Å²) in [5.74, 6) is 0.730. The highest BCUT2D eigenvalue weighted by Gasteiger charge is 2.27. The zero-order valence-corrected chi connectivity index (χ0v) is 10.3. The molecular formula is C13H23BO. The maximum Gasteiger partial charge on any atom is 0.0730 e. The molecule has 0 amide bonds. The SMILES string of the molecule is [B]C(C)C1CCCC(C(C)CC(=C)C)O1. The van der Waals surface area contributed by atoms with Gasteiger partial charge in [0.05, 0.1) is 20.1 Å². The summed E-state index contributed by atoms with van der Waals surface area (Å²) < 4.78 is 6.04. The van der Waals surface area contributed by atoms with E-state index in [-0.39, 0.29) is 11.9 Å². The van der Waals surface area contributed by atoms with Crippen LogP contribution in [0.4, 0.5) is 0 Å². The van der Waals surface area contributed by atoms with Crippen LogP contribution >= 0.6 is 0 Å². The Bertz CT molecular complexity index is 213. The van der Waals surface area contributed by atoms with E-state index in [1.165, 1.54) is 18.4 Å². The van der Waals surface area contributed by atoms with E-state index < -0.39 is 0 Å². The second kappa shape index (κ2) is 5.74. The highest BCUT2D eigenvalue weighted by molar-refractivity contribution is 6.11. The van der Waals surface area contributed by atoms with Crippen molar-refractivity contribution in [3.8, 4) is 0 Å². The third-order valence-electron chi connectivity index (χ3n) is 3.22. The van der Waals surface area contributed by atoms with Crippen LogP contribution in [0, 0.1) is 5.92 Å². The third kappa shape index (κ3) is 4.02. The van der Waals surface area contributed by atoms with Crippen LogP contribution in [0.3, 0.4) is 0 Å². The van der Waals surface area contributed by atoms with Crippen molar-refractivity contribution in [3.05, 3.63) is 12.2 Å². The molecule has 1 aliphatic heterocycles. The van der Waals surface area contributed by atoms with Crippen molar-refractivity contribution in [1.29, 1.82) is 0 Å². The maximum absolute atomic E-state index is 6.04. The van der Waals surface area contributed by atoms with Crippen molar-refractivity contribution in [3.63, 3.8) is 0 Å². The van der Waals surface area contributed by atoms with Gasteiger partial charge in [-0.3, -0.25) is 0 Å². The van der Waals surface area contributed by atoms with Gasteiger partial charge in [0.2, 0.25) is 0 Å². The highest BCUT2D eigenvalue weighted by atomic mass is 16.5. The Morgan fingerprint density at radius 3 is 2.53 bits per heavy atom. The molecule has 1 saturated heterocycles. The molecule has 15 heavy (non-hydrogen) atoms. The zero-order chi connectivity index (χ0) is 11.4. The van der Waals surface area contributed by atoms with Gasteiger partial charge >= 0.3 is 0 Å². The van der Waals surface area contributed by atoms with Crippen LogP contribution in [-0.2, 0) is 4.74 Å². The van der Waals surface area contributed by atoms with Gasteiger partial charge in [0, 0.05) is 0 Å². The van der Waals surface area contributed by atoms with E-state index in [0.29, 0.717) is 12.0 Å². The van der Waals surface area contributed by atoms with Crippen LogP contribution in [-0.4, -0.2) is 20.1 Å². The van der Waals surface area contributed by atoms with Crippen LogP contribution in [0.25, 0.3) is 0 Å². The molecule has 0 N–H and O–H groups in total. The Kier molecular flexibility index (Phi) is 4.91. The summed E-state index contributed by atoms with van der Waals surface area (Å²) in [6, 6.07) is 0. The predicted molar refractivity (Wildman–Crippen MR) is 66.3 cm³/mol. The van der Waals surface area contributed by atoms with E-state index >= 15 is 0 Å². The van der Waals surface area contributed by atoms with E-state index in [2.05, 4.69) is 20.4 Å². The van der Waals surface area contributed by atoms with E-state index in [4.69, 9.17) is 12.6 Å². The Hall–Kier alpha value is -0.235. The molecule has 0 aromatic heterocycles. The lowest BCUT2D eigenvalue weighted by Crippen LogP contribution is -2.34. The minimum atomic E-state index is 0.157. The molecule has 0 saturated carbocycles. The van der Waals surface area contributed by atoms with Gasteiger partial charge in [-0.25, -0.2) is 0 Å². The molecule has 84 valence electrons. The van der Waals surface area contributed by atoms with Crippen molar-refractivity contribution < 1.29 is 4.74 Å². The average Bonchev–Trinajstić information content (AvgIpc) is 2.17. The molecule has 2 radical (unpaired) electrons. The summed E-state index contributed by atoms with van der Waals surface area (Å²) in [4.78, 5) is 0. The lowest BCUT2D eigenvalue weighted by molar-refractivity contribution is -0.0741. The predicted octanol–water partition coefficient (Wildman–Crippen LogP) is 3.50. The molecule has 1 nitrogen and oxygen atoms in total. The van der Waals surface area contributed by atoms with Gasteiger partial charge < -0.3 is 4.74 Å². The minimum absolute atomic E-state index is 0.157. The number of hydrogen-bond acceptors (Lipinski definition) is 1. The van der Waals surface area contributed by atoms with Crippen LogP contribution < -0.4 is 0 Å². The molecule has 1 rings (SSSR count). The van der Waals surface area contributed by atoms with E-state index in [0.717, 1.165) is 12.8 Å². The largest absolute Gasteiger partial charge is 0.375 e. The number of allylic oxidation sites excluding steroid dienone is 1. The number of hydrogen-bond donors (Lipinski definition) is 0. The van der Waals surface area contributed by atoms with Gasteiger partial charge in [0.15, 0.2) is 0 Å². The number of rotatable bonds is 4. The van der Waals surface area contributed by atoms with Gasteiger partial charge in [-0.15, -0.1) is 6.58 Å². The average molecular weight is 206 g/mol. The minimum Gasteiger partial charge on any atom is -0.375 e. The first-order valence-corrected chi connectivity index (χ1v) is 6.06. The fourth-order valence-electron chi connectivity index (χ4n) is 2.37. The molecule has 2 heteroatoms. The fraction of sp³-hybridized carbons (Fsp3) is 0.846. The van der Waals surface area contributed by atoms with Gasteiger partial charge in [0.1, 0.15) is 0 Å². The molecule has 0 aliphatic carbocycles. The van der Waals surface area contributed by atoms with Crippen molar-refractivity contribution >= 4 is 7.85 Å². The molecule has 0 spiro atoms. The van der Waals surface area contributed by atoms with Crippen molar-refractivity contribution in [1.82, 2.24) is 0 Å². The van der Waals surface area contributed by atoms with Crippen LogP contribution in [0.5, 0.6) is 0 Å². The Labute approximate surface area is 95.7 Å². The fourth-order valence-corrected chi connectivity index (χ4v) is 2.37. The van der Waals surface area contributed by atoms with Gasteiger partial charge in [-0.1, -0.05) is 25.2 Å². The normalized spacial score (nSPS) is 30.9. The third-order valence-corrected chi connectivity index (χ3v) is 3.22. The van der Waals surface area contributed by atoms with Crippen LogP contribution in [0.1, 0.15) is 46.5 Å². The van der Waals surface area contributed by atoms with E-state index in [1.807, 2.05) is 6.92 Å². The molecule has 0 aromatic rings. The summed E-state index contributed by atoms with van der Waals surface area (Å²) >= 11 is 0. The lowest BCUT2D eigenvalue weighted by Gasteiger charge is -2.36. The number of ether oxygens (including phenoxy) is 1. The Morgan fingerprint density at radius 1 is 1.40 bits per heavy atom. The smallest absolute Gasteiger partial charge is 0.0730 e. The second-order valence-electron chi connectivity index (χ2n) is 5.14. The summed E-state index contributed by atoms with van der Waals surface area (Å²) in [5, 5.41) is 0. The first kappa shape index (κ1) is 12.8. The Balaban J connectivity index is 2.44. The molecular weight excluding hydrogens is 183 g/mol. The van der Waals surface area contributed by atoms with Crippen LogP contribution in [0.15, 0.2) is 12.2 Å². The summed E-state index contributed by atoms with van der Waals surface area (Å²) in [6.45, 7) is 10.3. The zero-order valence-electron chi connectivity index (χ0n) is 10.3. The standard InChI is InChI=1S/C13H23BO/c1-9(2)8-10(3)12-6-5-7-13(15-12)11(4)14/h10-13H,1,5-8H2,2-4H3. The van der Waals surface area contributed by atoms with Crippen molar-refractivity contribution in [2.45, 2.75) is 64.5 Å². The summed E-state index contributed by atoms with van der Waals surface area (Å²) in [6.07, 6.45) is 5.25. The molecule has 1 fully saturated rings. The maximum atomic E-state index is 6.04. The molecule has 1 heterocycles. The first-order valence-electron chi connectivity index (χ1n) is 6.06. The van der Waals surface area contributed by atoms with Crippen LogP contribution in [0.2, 0.25) is 5.82 Å². The molecule has 4 atom stereocenters. The molecule has 4 unspecified atom stereocenters. The van der Waals surface area contributed by atoms with Gasteiger partial charge in [0.25, 0.3) is 0 Å². The molecule has 1 aliphatic rings. The first-order chi connectivity index (χ1) is 7.00. The van der Waals surface area contributed by atoms with Crippen molar-refractivity contribution in [2.24, 2.45) is 5.92 Å². The molecule has 0 aromatic carbocycles. The Morgan fingerprint density at radius 2 is 2.00 bits per heavy atom. The van der Waals surface area contributed by atoms with Gasteiger partial charge in [-0.2, -0.15) is 0 Å². The second-order valence-corrected chi connectivity index (χ2v) is 5.14. The van der Waals surface area contributed by atoms with E-state index in [1.54, 1.807) is 0 Å². The summed E-state index contributed by atoms with van der Waals surface area (Å²) in [7, 11) is 5.89. The van der Waals surface area contributed by atoms with E-state index in [9.17, 15) is 0 Å². The van der Waals surface area contributed by atoms with Crippen molar-refractivity contribution in [2.75, 3.05) is 0 Å². The monoisotopic (exact) mass is 206 g/mol. The molecule has 0 bridgehead atoms. The highest BCUT2D eigenvalue weighted by Crippen LogP contribution is 2.31. The summed E-state index contributed by atoms with van der Waals surface area (Å²) in [5.41, 5.74) is 1.24. The quantitative estimate of drug-likeness (QED) is 0.505. The lowest BCUT2D eigenvalue weighted by atomic mass is 9.79. The van der Waals surface area contributed by atoms with Gasteiger partial charge in [-0.05, 0) is 38.5 Å².